The number of aryl methyl sites for hydroxylation is 1. The average molecular weight is 370 g/mol. The van der Waals surface area contributed by atoms with E-state index in [0.29, 0.717) is 24.2 Å². The first-order valence-corrected chi connectivity index (χ1v) is 9.21. The molecule has 144 valence electrons. The van der Waals surface area contributed by atoms with Crippen LogP contribution in [-0.2, 0) is 11.3 Å². The zero-order chi connectivity index (χ0) is 19.6. The number of hydrogen-bond acceptors (Lipinski definition) is 5. The second-order valence-corrected chi connectivity index (χ2v) is 7.13. The monoisotopic (exact) mass is 370 g/mol. The molecule has 0 radical (unpaired) electrons. The lowest BCUT2D eigenvalue weighted by molar-refractivity contribution is -0.123. The molecule has 1 fully saturated rings. The van der Waals surface area contributed by atoms with Gasteiger partial charge in [0.1, 0.15) is 5.54 Å². The minimum Gasteiger partial charge on any atom is -0.368 e. The lowest BCUT2D eigenvalue weighted by atomic mass is 9.96. The van der Waals surface area contributed by atoms with Gasteiger partial charge in [0, 0.05) is 31.8 Å². The minimum atomic E-state index is -0.919. The third-order valence-corrected chi connectivity index (χ3v) is 5.04. The molecule has 1 aromatic carbocycles. The van der Waals surface area contributed by atoms with E-state index < -0.39 is 11.4 Å². The van der Waals surface area contributed by atoms with Crippen LogP contribution in [0.15, 0.2) is 24.3 Å². The lowest BCUT2D eigenvalue weighted by Crippen LogP contribution is -2.55. The number of nitrogens with zero attached hydrogens (tertiary/aromatic N) is 4. The molecule has 2 aromatic rings. The Labute approximate surface area is 158 Å². The molecule has 8 nitrogen and oxygen atoms in total. The molecule has 0 unspecified atom stereocenters. The fraction of sp³-hybridized carbons (Fsp3) is 0.474. The Morgan fingerprint density at radius 1 is 1.22 bits per heavy atom. The number of aromatic nitrogens is 3. The van der Waals surface area contributed by atoms with Crippen LogP contribution in [0, 0.1) is 0 Å². The lowest BCUT2D eigenvalue weighted by Gasteiger charge is -2.26. The van der Waals surface area contributed by atoms with E-state index in [1.165, 1.54) is 0 Å². The molecule has 27 heavy (non-hydrogen) atoms. The maximum Gasteiger partial charge on any atom is 0.252 e. The minimum absolute atomic E-state index is 0.289. The van der Waals surface area contributed by atoms with Crippen molar-refractivity contribution in [1.29, 1.82) is 0 Å². The predicted molar refractivity (Wildman–Crippen MR) is 103 cm³/mol. The quantitative estimate of drug-likeness (QED) is 0.803. The molecule has 1 aliphatic rings. The van der Waals surface area contributed by atoms with Crippen LogP contribution in [0.3, 0.4) is 0 Å². The van der Waals surface area contributed by atoms with Crippen molar-refractivity contribution in [3.8, 4) is 11.4 Å². The summed E-state index contributed by atoms with van der Waals surface area (Å²) in [5.74, 6) is 0.634. The summed E-state index contributed by atoms with van der Waals surface area (Å²) in [6.45, 7) is 2.73. The van der Waals surface area contributed by atoms with Gasteiger partial charge in [0.2, 0.25) is 11.9 Å². The van der Waals surface area contributed by atoms with Crippen LogP contribution in [0.2, 0.25) is 0 Å². The smallest absolute Gasteiger partial charge is 0.252 e. The van der Waals surface area contributed by atoms with Gasteiger partial charge in [-0.15, -0.1) is 5.10 Å². The van der Waals surface area contributed by atoms with Crippen LogP contribution >= 0.6 is 0 Å². The molecule has 3 rings (SSSR count). The fourth-order valence-corrected chi connectivity index (χ4v) is 3.47. The molecule has 1 aliphatic carbocycles. The summed E-state index contributed by atoms with van der Waals surface area (Å²) >= 11 is 0. The second-order valence-electron chi connectivity index (χ2n) is 7.13. The Hall–Kier alpha value is -2.90. The van der Waals surface area contributed by atoms with Gasteiger partial charge in [-0.3, -0.25) is 9.59 Å². The summed E-state index contributed by atoms with van der Waals surface area (Å²) in [5, 5.41) is 7.36. The van der Waals surface area contributed by atoms with Gasteiger partial charge in [-0.2, -0.15) is 4.98 Å². The van der Waals surface area contributed by atoms with Crippen molar-refractivity contribution in [2.75, 3.05) is 19.0 Å². The highest BCUT2D eigenvalue weighted by molar-refractivity contribution is 5.99. The summed E-state index contributed by atoms with van der Waals surface area (Å²) < 4.78 is 1.83. The Morgan fingerprint density at radius 3 is 2.33 bits per heavy atom. The molecule has 3 N–H and O–H groups in total. The van der Waals surface area contributed by atoms with Gasteiger partial charge in [0.05, 0.1) is 0 Å². The van der Waals surface area contributed by atoms with Crippen molar-refractivity contribution in [2.45, 2.75) is 44.7 Å². The third-order valence-electron chi connectivity index (χ3n) is 5.04. The number of hydrogen-bond donors (Lipinski definition) is 2. The number of nitrogens with one attached hydrogen (secondary N) is 1. The highest BCUT2D eigenvalue weighted by Gasteiger charge is 2.40. The zero-order valence-corrected chi connectivity index (χ0v) is 16.0. The van der Waals surface area contributed by atoms with Gasteiger partial charge in [0.15, 0.2) is 5.82 Å². The molecule has 2 amide bonds. The van der Waals surface area contributed by atoms with Crippen LogP contribution in [0.5, 0.6) is 0 Å². The van der Waals surface area contributed by atoms with Crippen LogP contribution in [0.1, 0.15) is 43.0 Å². The number of rotatable bonds is 6. The predicted octanol–water partition coefficient (Wildman–Crippen LogP) is 1.56. The Balaban J connectivity index is 1.79. The molecule has 0 saturated heterocycles. The number of primary amides is 1. The Bertz CT molecular complexity index is 834. The molecule has 1 saturated carbocycles. The summed E-state index contributed by atoms with van der Waals surface area (Å²) in [7, 11) is 3.84. The van der Waals surface area contributed by atoms with E-state index in [1.54, 1.807) is 12.1 Å². The SMILES string of the molecule is CCn1nc(-c2ccc(C(=O)NC3(C(N)=O)CCCC3)cc2)nc1N(C)C. The van der Waals surface area contributed by atoms with Gasteiger partial charge in [-0.25, -0.2) is 4.68 Å². The van der Waals surface area contributed by atoms with Crippen LogP contribution in [0.25, 0.3) is 11.4 Å². The summed E-state index contributed by atoms with van der Waals surface area (Å²) in [5.41, 5.74) is 5.92. The van der Waals surface area contributed by atoms with E-state index in [0.717, 1.165) is 30.9 Å². The number of amides is 2. The summed E-state index contributed by atoms with van der Waals surface area (Å²) in [6, 6.07) is 7.07. The van der Waals surface area contributed by atoms with E-state index in [9.17, 15) is 9.59 Å². The van der Waals surface area contributed by atoms with E-state index in [4.69, 9.17) is 5.73 Å². The number of benzene rings is 1. The van der Waals surface area contributed by atoms with Gasteiger partial charge < -0.3 is 16.0 Å². The Morgan fingerprint density at radius 2 is 1.85 bits per heavy atom. The number of nitrogens with two attached hydrogens (primary N) is 1. The molecule has 0 aliphatic heterocycles. The van der Waals surface area contributed by atoms with Gasteiger partial charge in [0.25, 0.3) is 5.91 Å². The molecular formula is C19H26N6O2. The maximum atomic E-state index is 12.6. The average Bonchev–Trinajstić information content (AvgIpc) is 3.29. The van der Waals surface area contributed by atoms with Gasteiger partial charge >= 0.3 is 0 Å². The fourth-order valence-electron chi connectivity index (χ4n) is 3.47. The van der Waals surface area contributed by atoms with E-state index in [-0.39, 0.29) is 5.91 Å². The number of carbonyl (C=O) groups is 2. The first-order valence-electron chi connectivity index (χ1n) is 9.21. The third kappa shape index (κ3) is 3.65. The Kier molecular flexibility index (Phi) is 5.16. The molecule has 8 heteroatoms. The van der Waals surface area contributed by atoms with Crippen molar-refractivity contribution in [1.82, 2.24) is 20.1 Å². The van der Waals surface area contributed by atoms with Crippen molar-refractivity contribution < 1.29 is 9.59 Å². The number of anilines is 1. The van der Waals surface area contributed by atoms with E-state index >= 15 is 0 Å². The first kappa shape index (κ1) is 18.9. The largest absolute Gasteiger partial charge is 0.368 e. The molecule has 0 spiro atoms. The highest BCUT2D eigenvalue weighted by Crippen LogP contribution is 2.30. The molecule has 0 atom stereocenters. The van der Waals surface area contributed by atoms with Crippen molar-refractivity contribution >= 4 is 17.8 Å². The normalized spacial score (nSPS) is 15.5. The van der Waals surface area contributed by atoms with Crippen LogP contribution < -0.4 is 16.0 Å². The van der Waals surface area contributed by atoms with E-state index in [2.05, 4.69) is 15.4 Å². The molecule has 1 heterocycles. The van der Waals surface area contributed by atoms with Gasteiger partial charge in [-0.1, -0.05) is 25.0 Å². The van der Waals surface area contributed by atoms with Crippen molar-refractivity contribution in [2.24, 2.45) is 5.73 Å². The summed E-state index contributed by atoms with van der Waals surface area (Å²) in [6.07, 6.45) is 2.97. The zero-order valence-electron chi connectivity index (χ0n) is 16.0. The maximum absolute atomic E-state index is 12.6. The van der Waals surface area contributed by atoms with Crippen LogP contribution in [-0.4, -0.2) is 46.2 Å². The topological polar surface area (TPSA) is 106 Å². The van der Waals surface area contributed by atoms with Crippen LogP contribution in [0.4, 0.5) is 5.95 Å². The molecular weight excluding hydrogens is 344 g/mol. The summed E-state index contributed by atoms with van der Waals surface area (Å²) in [4.78, 5) is 30.9. The first-order chi connectivity index (χ1) is 12.9. The molecule has 1 aromatic heterocycles. The molecule has 0 bridgehead atoms. The van der Waals surface area contributed by atoms with Crippen molar-refractivity contribution in [3.05, 3.63) is 29.8 Å². The standard InChI is InChI=1S/C19H26N6O2/c1-4-25-18(24(2)3)21-15(23-25)13-7-9-14(10-8-13)16(26)22-19(17(20)27)11-5-6-12-19/h7-10H,4-6,11-12H2,1-3H3,(H2,20,27)(H,22,26). The van der Waals surface area contributed by atoms with E-state index in [1.807, 2.05) is 42.7 Å². The van der Waals surface area contributed by atoms with Gasteiger partial charge in [-0.05, 0) is 31.9 Å². The second kappa shape index (κ2) is 7.38. The highest BCUT2D eigenvalue weighted by atomic mass is 16.2. The number of carbonyl (C=O) groups excluding carboxylic acids is 2. The van der Waals surface area contributed by atoms with Crippen molar-refractivity contribution in [3.63, 3.8) is 0 Å².